The number of nitrogens with one attached hydrogen (secondary N) is 1. The number of benzene rings is 1. The number of methoxy groups -OCH3 is 1. The maximum absolute atomic E-state index is 14.4. The fourth-order valence-corrected chi connectivity index (χ4v) is 5.91. The van der Waals surface area contributed by atoms with Crippen LogP contribution in [0.3, 0.4) is 0 Å². The van der Waals surface area contributed by atoms with Gasteiger partial charge in [0.05, 0.1) is 29.9 Å². The van der Waals surface area contributed by atoms with E-state index in [9.17, 15) is 18.8 Å². The minimum Gasteiger partial charge on any atom is -0.491 e. The van der Waals surface area contributed by atoms with Gasteiger partial charge in [0.25, 0.3) is 11.8 Å². The van der Waals surface area contributed by atoms with E-state index in [-0.39, 0.29) is 52.1 Å². The summed E-state index contributed by atoms with van der Waals surface area (Å²) < 4.78 is 21.7. The molecule has 1 fully saturated rings. The number of hydrogen-bond donors (Lipinski definition) is 1. The lowest BCUT2D eigenvalue weighted by Crippen LogP contribution is -2.45. The molecule has 5 rings (SSSR count). The van der Waals surface area contributed by atoms with Gasteiger partial charge in [0.2, 0.25) is 5.43 Å². The van der Waals surface area contributed by atoms with Crippen LogP contribution >= 0.6 is 11.6 Å². The molecular formula is C25H28ClFN4O4. The van der Waals surface area contributed by atoms with Crippen LogP contribution in [0.2, 0.25) is 5.02 Å². The van der Waals surface area contributed by atoms with Crippen LogP contribution in [0.15, 0.2) is 23.0 Å². The van der Waals surface area contributed by atoms with E-state index >= 15 is 0 Å². The number of carbonyl (C=O) groups is 2. The second-order valence-electron chi connectivity index (χ2n) is 9.23. The van der Waals surface area contributed by atoms with Crippen LogP contribution in [0.5, 0.6) is 5.75 Å². The molecule has 3 aliphatic rings. The van der Waals surface area contributed by atoms with Crippen molar-refractivity contribution in [3.8, 4) is 5.75 Å². The fraction of sp³-hybridized carbons (Fsp3) is 0.480. The fourth-order valence-electron chi connectivity index (χ4n) is 5.72. The molecule has 2 amide bonds. The number of ether oxygens (including phenoxy) is 1. The molecule has 1 aromatic heterocycles. The van der Waals surface area contributed by atoms with Gasteiger partial charge in [-0.1, -0.05) is 23.7 Å². The van der Waals surface area contributed by atoms with Crippen molar-refractivity contribution in [1.29, 1.82) is 0 Å². The Morgan fingerprint density at radius 3 is 2.69 bits per heavy atom. The van der Waals surface area contributed by atoms with Gasteiger partial charge in [-0.3, -0.25) is 19.3 Å². The third kappa shape index (κ3) is 3.81. The normalized spacial score (nSPS) is 21.4. The van der Waals surface area contributed by atoms with Gasteiger partial charge in [-0.2, -0.15) is 0 Å². The molecule has 0 saturated carbocycles. The van der Waals surface area contributed by atoms with E-state index in [0.29, 0.717) is 25.2 Å². The molecule has 2 atom stereocenters. The molecule has 0 bridgehead atoms. The zero-order valence-corrected chi connectivity index (χ0v) is 20.5. The van der Waals surface area contributed by atoms with Crippen molar-refractivity contribution >= 4 is 23.4 Å². The molecule has 1 N–H and O–H groups in total. The first-order valence-corrected chi connectivity index (χ1v) is 12.4. The molecule has 10 heteroatoms. The van der Waals surface area contributed by atoms with Gasteiger partial charge in [-0.25, -0.2) is 4.39 Å². The van der Waals surface area contributed by atoms with Crippen LogP contribution in [-0.2, 0) is 6.54 Å². The van der Waals surface area contributed by atoms with Crippen molar-refractivity contribution in [3.05, 3.63) is 61.8 Å². The maximum Gasteiger partial charge on any atom is 0.274 e. The number of rotatable bonds is 6. The molecule has 2 aromatic rings. The number of aromatic nitrogens is 1. The van der Waals surface area contributed by atoms with Crippen molar-refractivity contribution in [1.82, 2.24) is 19.7 Å². The predicted octanol–water partition coefficient (Wildman–Crippen LogP) is 3.14. The minimum absolute atomic E-state index is 0.0369. The maximum atomic E-state index is 14.4. The summed E-state index contributed by atoms with van der Waals surface area (Å²) in [5.74, 6) is -1.62. The Hall–Kier alpha value is -2.91. The predicted molar refractivity (Wildman–Crippen MR) is 129 cm³/mol. The van der Waals surface area contributed by atoms with E-state index < -0.39 is 17.2 Å². The number of pyridine rings is 1. The van der Waals surface area contributed by atoms with Crippen molar-refractivity contribution in [2.75, 3.05) is 33.3 Å². The zero-order chi connectivity index (χ0) is 24.9. The Bertz CT molecular complexity index is 1260. The van der Waals surface area contributed by atoms with E-state index in [0.717, 1.165) is 25.9 Å². The standard InChI is InChI=1S/C25H28ClFN4O4/c1-3-29-13-15-11-17(30-9-4-5-10-30)20-18(22(32)23(35-2)21(25(29)34)31(15)20)24(33)28-12-14-7-6-8-16(26)19(14)27/h6-8,15,17H,3-5,9-13H2,1-2H3,(H,28,33)/t15-,17+/m0/s1. The van der Waals surface area contributed by atoms with Crippen LogP contribution in [0.4, 0.5) is 4.39 Å². The lowest BCUT2D eigenvalue weighted by atomic mass is 10.0. The summed E-state index contributed by atoms with van der Waals surface area (Å²) in [4.78, 5) is 44.5. The number of likely N-dealkylation sites (tertiary alicyclic amines) is 1. The quantitative estimate of drug-likeness (QED) is 0.656. The van der Waals surface area contributed by atoms with Crippen molar-refractivity contribution in [2.24, 2.45) is 0 Å². The number of likely N-dealkylation sites (N-methyl/N-ethyl adjacent to an activating group) is 1. The van der Waals surface area contributed by atoms with Gasteiger partial charge >= 0.3 is 0 Å². The van der Waals surface area contributed by atoms with Gasteiger partial charge in [0.15, 0.2) is 11.4 Å². The van der Waals surface area contributed by atoms with Crippen LogP contribution in [0, 0.1) is 5.82 Å². The molecule has 3 aliphatic heterocycles. The first kappa shape index (κ1) is 23.8. The van der Waals surface area contributed by atoms with Crippen molar-refractivity contribution in [3.63, 3.8) is 0 Å². The molecular weight excluding hydrogens is 475 g/mol. The van der Waals surface area contributed by atoms with Crippen LogP contribution in [0.1, 0.15) is 70.4 Å². The van der Waals surface area contributed by atoms with E-state index in [4.69, 9.17) is 16.3 Å². The molecule has 0 aliphatic carbocycles. The second kappa shape index (κ2) is 9.28. The highest BCUT2D eigenvalue weighted by molar-refractivity contribution is 6.30. The summed E-state index contributed by atoms with van der Waals surface area (Å²) in [7, 11) is 1.34. The molecule has 0 unspecified atom stereocenters. The molecule has 0 spiro atoms. The molecule has 8 nitrogen and oxygen atoms in total. The lowest BCUT2D eigenvalue weighted by Gasteiger charge is -2.34. The Morgan fingerprint density at radius 2 is 2.00 bits per heavy atom. The Kier molecular flexibility index (Phi) is 6.31. The van der Waals surface area contributed by atoms with E-state index in [2.05, 4.69) is 10.2 Å². The summed E-state index contributed by atoms with van der Waals surface area (Å²) in [6.45, 7) is 4.54. The van der Waals surface area contributed by atoms with Gasteiger partial charge in [0, 0.05) is 25.2 Å². The third-order valence-corrected chi connectivity index (χ3v) is 7.66. The lowest BCUT2D eigenvalue weighted by molar-refractivity contribution is 0.0672. The summed E-state index contributed by atoms with van der Waals surface area (Å²) in [6, 6.07) is 4.34. The SMILES string of the molecule is CCN1C[C@@H]2C[C@@H](N3CCCC3)c3c(C(=O)NCc4cccc(Cl)c4F)c(=O)c(OC)c(n32)C1=O. The van der Waals surface area contributed by atoms with Gasteiger partial charge < -0.3 is 19.5 Å². The number of hydrogen-bond acceptors (Lipinski definition) is 5. The summed E-state index contributed by atoms with van der Waals surface area (Å²) >= 11 is 5.87. The smallest absolute Gasteiger partial charge is 0.274 e. The number of amides is 2. The molecule has 1 aromatic carbocycles. The number of halogens is 2. The summed E-state index contributed by atoms with van der Waals surface area (Å²) in [5.41, 5.74) is 0.338. The van der Waals surface area contributed by atoms with Crippen molar-refractivity contribution in [2.45, 2.75) is 44.8 Å². The van der Waals surface area contributed by atoms with Crippen LogP contribution < -0.4 is 15.5 Å². The molecule has 1 saturated heterocycles. The Morgan fingerprint density at radius 1 is 1.26 bits per heavy atom. The van der Waals surface area contributed by atoms with E-state index in [1.807, 2.05) is 11.5 Å². The summed E-state index contributed by atoms with van der Waals surface area (Å²) in [5, 5.41) is 2.66. The van der Waals surface area contributed by atoms with Gasteiger partial charge in [0.1, 0.15) is 11.4 Å². The van der Waals surface area contributed by atoms with Crippen LogP contribution in [0.25, 0.3) is 0 Å². The van der Waals surface area contributed by atoms with E-state index in [1.54, 1.807) is 11.0 Å². The topological polar surface area (TPSA) is 83.9 Å². The number of nitrogens with zero attached hydrogens (tertiary/aromatic N) is 3. The summed E-state index contributed by atoms with van der Waals surface area (Å²) in [6.07, 6.45) is 2.79. The highest BCUT2D eigenvalue weighted by Crippen LogP contribution is 2.45. The van der Waals surface area contributed by atoms with Gasteiger partial charge in [-0.15, -0.1) is 0 Å². The van der Waals surface area contributed by atoms with E-state index in [1.165, 1.54) is 19.2 Å². The third-order valence-electron chi connectivity index (χ3n) is 7.37. The molecule has 0 radical (unpaired) electrons. The Balaban J connectivity index is 1.63. The molecule has 35 heavy (non-hydrogen) atoms. The first-order chi connectivity index (χ1) is 16.9. The minimum atomic E-state index is -0.617. The molecule has 186 valence electrons. The largest absolute Gasteiger partial charge is 0.491 e. The molecule has 4 heterocycles. The zero-order valence-electron chi connectivity index (χ0n) is 19.8. The first-order valence-electron chi connectivity index (χ1n) is 12.0. The second-order valence-corrected chi connectivity index (χ2v) is 9.64. The average Bonchev–Trinajstić information content (AvgIpc) is 3.50. The Labute approximate surface area is 207 Å². The van der Waals surface area contributed by atoms with Crippen molar-refractivity contribution < 1.29 is 18.7 Å². The monoisotopic (exact) mass is 502 g/mol. The van der Waals surface area contributed by atoms with Gasteiger partial charge in [-0.05, 0) is 45.3 Å². The highest BCUT2D eigenvalue weighted by Gasteiger charge is 2.47. The number of carbonyl (C=O) groups excluding carboxylic acids is 2. The van der Waals surface area contributed by atoms with Crippen LogP contribution in [-0.4, -0.2) is 59.5 Å². The average molecular weight is 503 g/mol. The highest BCUT2D eigenvalue weighted by atomic mass is 35.5.